The summed E-state index contributed by atoms with van der Waals surface area (Å²) in [5.41, 5.74) is 1.25. The number of aliphatic hydroxyl groups excluding tert-OH is 1. The summed E-state index contributed by atoms with van der Waals surface area (Å²) < 4.78 is 1.03. The zero-order valence-corrected chi connectivity index (χ0v) is 13.5. The summed E-state index contributed by atoms with van der Waals surface area (Å²) in [5.74, 6) is 0. The highest BCUT2D eigenvalue weighted by atomic mass is 79.9. The Labute approximate surface area is 123 Å². The van der Waals surface area contributed by atoms with Crippen LogP contribution in [0.3, 0.4) is 0 Å². The van der Waals surface area contributed by atoms with Crippen LogP contribution in [0.25, 0.3) is 0 Å². The standard InChI is InChI=1S/C14H21BrClNO/c1-14(2,3)7-12(18)9-17-8-10-6-11(16)4-5-13(10)15/h4-6,12,17-18H,7-9H2,1-3H3. The van der Waals surface area contributed by atoms with E-state index in [4.69, 9.17) is 11.6 Å². The van der Waals surface area contributed by atoms with Gasteiger partial charge in [0.25, 0.3) is 0 Å². The molecule has 1 unspecified atom stereocenters. The SMILES string of the molecule is CC(C)(C)CC(O)CNCc1cc(Cl)ccc1Br. The van der Waals surface area contributed by atoms with Gasteiger partial charge in [-0.25, -0.2) is 0 Å². The highest BCUT2D eigenvalue weighted by Crippen LogP contribution is 2.22. The monoisotopic (exact) mass is 333 g/mol. The summed E-state index contributed by atoms with van der Waals surface area (Å²) in [6.45, 7) is 7.68. The Bertz CT molecular complexity index is 390. The Hall–Kier alpha value is -0.0900. The third kappa shape index (κ3) is 6.19. The summed E-state index contributed by atoms with van der Waals surface area (Å²) in [6, 6.07) is 5.71. The molecule has 102 valence electrons. The second-order valence-corrected chi connectivity index (χ2v) is 7.08. The topological polar surface area (TPSA) is 32.3 Å². The Morgan fingerprint density at radius 1 is 1.39 bits per heavy atom. The first kappa shape index (κ1) is 16.0. The molecule has 1 aromatic carbocycles. The second kappa shape index (κ2) is 6.90. The Morgan fingerprint density at radius 2 is 2.06 bits per heavy atom. The van der Waals surface area contributed by atoms with Gasteiger partial charge in [0.15, 0.2) is 0 Å². The highest BCUT2D eigenvalue weighted by Gasteiger charge is 2.16. The first-order chi connectivity index (χ1) is 8.28. The zero-order valence-electron chi connectivity index (χ0n) is 11.1. The first-order valence-electron chi connectivity index (χ1n) is 6.10. The minimum atomic E-state index is -0.317. The lowest BCUT2D eigenvalue weighted by molar-refractivity contribution is 0.119. The van der Waals surface area contributed by atoms with Crippen LogP contribution in [-0.2, 0) is 6.54 Å². The predicted octanol–water partition coefficient (Wildman–Crippen LogP) is 3.99. The van der Waals surface area contributed by atoms with Crippen LogP contribution in [0.4, 0.5) is 0 Å². The molecule has 2 nitrogen and oxygen atoms in total. The van der Waals surface area contributed by atoms with Gasteiger partial charge >= 0.3 is 0 Å². The number of benzene rings is 1. The van der Waals surface area contributed by atoms with Crippen molar-refractivity contribution in [3.05, 3.63) is 33.3 Å². The van der Waals surface area contributed by atoms with Crippen molar-refractivity contribution in [3.8, 4) is 0 Å². The Kier molecular flexibility index (Phi) is 6.12. The average molecular weight is 335 g/mol. The van der Waals surface area contributed by atoms with Crippen molar-refractivity contribution in [2.45, 2.75) is 39.8 Å². The first-order valence-corrected chi connectivity index (χ1v) is 7.28. The van der Waals surface area contributed by atoms with Crippen molar-refractivity contribution in [3.63, 3.8) is 0 Å². The predicted molar refractivity (Wildman–Crippen MR) is 80.9 cm³/mol. The van der Waals surface area contributed by atoms with Gasteiger partial charge in [-0.3, -0.25) is 0 Å². The molecule has 0 bridgehead atoms. The summed E-state index contributed by atoms with van der Waals surface area (Å²) in [7, 11) is 0. The van der Waals surface area contributed by atoms with Crippen LogP contribution in [0, 0.1) is 5.41 Å². The average Bonchev–Trinajstić information content (AvgIpc) is 2.20. The molecule has 0 saturated heterocycles. The van der Waals surface area contributed by atoms with Gasteiger partial charge in [0, 0.05) is 22.6 Å². The van der Waals surface area contributed by atoms with E-state index in [1.165, 1.54) is 0 Å². The lowest BCUT2D eigenvalue weighted by atomic mass is 9.89. The van der Waals surface area contributed by atoms with Gasteiger partial charge in [0.05, 0.1) is 6.10 Å². The molecule has 0 spiro atoms. The fourth-order valence-electron chi connectivity index (χ4n) is 1.83. The number of nitrogens with one attached hydrogen (secondary N) is 1. The maximum absolute atomic E-state index is 9.89. The number of hydrogen-bond donors (Lipinski definition) is 2. The second-order valence-electron chi connectivity index (χ2n) is 5.79. The summed E-state index contributed by atoms with van der Waals surface area (Å²) in [5, 5.41) is 13.9. The molecule has 1 aromatic rings. The fraction of sp³-hybridized carbons (Fsp3) is 0.571. The Balaban J connectivity index is 2.40. The molecule has 1 rings (SSSR count). The third-order valence-electron chi connectivity index (χ3n) is 2.55. The van der Waals surface area contributed by atoms with Gasteiger partial charge in [-0.1, -0.05) is 48.3 Å². The van der Waals surface area contributed by atoms with Gasteiger partial charge in [-0.15, -0.1) is 0 Å². The quantitative estimate of drug-likeness (QED) is 0.853. The van der Waals surface area contributed by atoms with Gasteiger partial charge in [-0.2, -0.15) is 0 Å². The van der Waals surface area contributed by atoms with Crippen molar-refractivity contribution in [2.24, 2.45) is 5.41 Å². The van der Waals surface area contributed by atoms with Gasteiger partial charge in [0.1, 0.15) is 0 Å². The molecule has 0 heterocycles. The van der Waals surface area contributed by atoms with Crippen LogP contribution < -0.4 is 5.32 Å². The molecule has 0 saturated carbocycles. The van der Waals surface area contributed by atoms with E-state index in [0.29, 0.717) is 13.1 Å². The van der Waals surface area contributed by atoms with E-state index in [-0.39, 0.29) is 11.5 Å². The number of aliphatic hydroxyl groups is 1. The van der Waals surface area contributed by atoms with Crippen molar-refractivity contribution in [1.82, 2.24) is 5.32 Å². The van der Waals surface area contributed by atoms with Crippen LogP contribution in [-0.4, -0.2) is 17.8 Å². The van der Waals surface area contributed by atoms with E-state index in [2.05, 4.69) is 42.0 Å². The van der Waals surface area contributed by atoms with Crippen LogP contribution in [0.1, 0.15) is 32.8 Å². The van der Waals surface area contributed by atoms with Gasteiger partial charge in [0.2, 0.25) is 0 Å². The largest absolute Gasteiger partial charge is 0.392 e. The molecule has 2 N–H and O–H groups in total. The molecular weight excluding hydrogens is 314 g/mol. The van der Waals surface area contributed by atoms with Gasteiger partial charge in [-0.05, 0) is 35.6 Å². The molecule has 0 aliphatic heterocycles. The molecule has 0 fully saturated rings. The summed E-state index contributed by atoms with van der Waals surface area (Å²) in [6.07, 6.45) is 0.472. The number of halogens is 2. The van der Waals surface area contributed by atoms with Crippen molar-refractivity contribution < 1.29 is 5.11 Å². The summed E-state index contributed by atoms with van der Waals surface area (Å²) in [4.78, 5) is 0. The smallest absolute Gasteiger partial charge is 0.0669 e. The maximum Gasteiger partial charge on any atom is 0.0669 e. The molecule has 0 amide bonds. The number of rotatable bonds is 5. The summed E-state index contributed by atoms with van der Waals surface area (Å²) >= 11 is 9.43. The molecule has 0 aliphatic carbocycles. The molecule has 0 aromatic heterocycles. The van der Waals surface area contributed by atoms with Crippen LogP contribution >= 0.6 is 27.5 Å². The van der Waals surface area contributed by atoms with E-state index in [1.807, 2.05) is 18.2 Å². The minimum absolute atomic E-state index is 0.151. The molecular formula is C14H21BrClNO. The molecule has 1 atom stereocenters. The van der Waals surface area contributed by atoms with Crippen molar-refractivity contribution >= 4 is 27.5 Å². The van der Waals surface area contributed by atoms with Crippen molar-refractivity contribution in [2.75, 3.05) is 6.54 Å². The highest BCUT2D eigenvalue weighted by molar-refractivity contribution is 9.10. The van der Waals surface area contributed by atoms with E-state index < -0.39 is 0 Å². The van der Waals surface area contributed by atoms with Crippen LogP contribution in [0.15, 0.2) is 22.7 Å². The molecule has 0 radical (unpaired) electrons. The fourth-order valence-corrected chi connectivity index (χ4v) is 2.41. The minimum Gasteiger partial charge on any atom is -0.392 e. The van der Waals surface area contributed by atoms with E-state index in [0.717, 1.165) is 21.5 Å². The lowest BCUT2D eigenvalue weighted by Gasteiger charge is -2.22. The van der Waals surface area contributed by atoms with E-state index in [9.17, 15) is 5.11 Å². The molecule has 0 aliphatic rings. The molecule has 4 heteroatoms. The Morgan fingerprint density at radius 3 is 2.67 bits per heavy atom. The molecule has 18 heavy (non-hydrogen) atoms. The normalized spacial score (nSPS) is 13.7. The van der Waals surface area contributed by atoms with Crippen molar-refractivity contribution in [1.29, 1.82) is 0 Å². The van der Waals surface area contributed by atoms with Crippen LogP contribution in [0.2, 0.25) is 5.02 Å². The van der Waals surface area contributed by atoms with E-state index >= 15 is 0 Å². The van der Waals surface area contributed by atoms with E-state index in [1.54, 1.807) is 0 Å². The lowest BCUT2D eigenvalue weighted by Crippen LogP contribution is -2.29. The number of hydrogen-bond acceptors (Lipinski definition) is 2. The van der Waals surface area contributed by atoms with Gasteiger partial charge < -0.3 is 10.4 Å². The maximum atomic E-state index is 9.89. The zero-order chi connectivity index (χ0) is 13.8. The third-order valence-corrected chi connectivity index (χ3v) is 3.56. The van der Waals surface area contributed by atoms with Crippen LogP contribution in [0.5, 0.6) is 0 Å².